The lowest BCUT2D eigenvalue weighted by atomic mass is 9.89. The number of carbonyl (C=O) groups is 1. The summed E-state index contributed by atoms with van der Waals surface area (Å²) in [6.07, 6.45) is 0.606. The smallest absolute Gasteiger partial charge is 0.309 e. The highest BCUT2D eigenvalue weighted by Crippen LogP contribution is 2.24. The van der Waals surface area contributed by atoms with Crippen LogP contribution in [-0.4, -0.2) is 17.6 Å². The minimum absolute atomic E-state index is 0.606. The van der Waals surface area contributed by atoms with Gasteiger partial charge in [0, 0.05) is 12.2 Å². The van der Waals surface area contributed by atoms with Crippen LogP contribution < -0.4 is 5.32 Å². The number of aryl methyl sites for hydroxylation is 3. The molecule has 0 aromatic heterocycles. The molecule has 0 aliphatic carbocycles. The molecule has 1 aromatic rings. The maximum atomic E-state index is 11.0. The fraction of sp³-hybridized carbons (Fsp3) is 0.533. The van der Waals surface area contributed by atoms with Crippen molar-refractivity contribution in [1.29, 1.82) is 0 Å². The van der Waals surface area contributed by atoms with Gasteiger partial charge in [-0.3, -0.25) is 4.79 Å². The number of benzene rings is 1. The van der Waals surface area contributed by atoms with Gasteiger partial charge in [-0.15, -0.1) is 0 Å². The van der Waals surface area contributed by atoms with Gasteiger partial charge in [-0.25, -0.2) is 0 Å². The second-order valence-electron chi connectivity index (χ2n) is 5.64. The van der Waals surface area contributed by atoms with E-state index in [1.165, 1.54) is 16.7 Å². The summed E-state index contributed by atoms with van der Waals surface area (Å²) < 4.78 is 0. The van der Waals surface area contributed by atoms with E-state index in [0.29, 0.717) is 13.0 Å². The largest absolute Gasteiger partial charge is 0.481 e. The fourth-order valence-electron chi connectivity index (χ4n) is 2.07. The van der Waals surface area contributed by atoms with E-state index in [0.717, 1.165) is 5.69 Å². The highest BCUT2D eigenvalue weighted by Gasteiger charge is 2.26. The number of carboxylic acid groups (broad SMARTS) is 1. The minimum atomic E-state index is -0.748. The standard InChI is InChI=1S/C15H23NO2/c1-10-8-11(2)13(12(3)9-10)16-7-6-15(4,5)14(17)18/h8-9,16H,6-7H2,1-5H3,(H,17,18). The third kappa shape index (κ3) is 3.49. The lowest BCUT2D eigenvalue weighted by Crippen LogP contribution is -2.26. The second-order valence-corrected chi connectivity index (χ2v) is 5.64. The quantitative estimate of drug-likeness (QED) is 0.839. The van der Waals surface area contributed by atoms with E-state index in [2.05, 4.69) is 38.2 Å². The third-order valence-electron chi connectivity index (χ3n) is 3.31. The van der Waals surface area contributed by atoms with Gasteiger partial charge in [0.25, 0.3) is 0 Å². The van der Waals surface area contributed by atoms with Gasteiger partial charge < -0.3 is 10.4 Å². The molecule has 3 nitrogen and oxygen atoms in total. The first kappa shape index (κ1) is 14.6. The van der Waals surface area contributed by atoms with Crippen molar-refractivity contribution < 1.29 is 9.90 Å². The number of aliphatic carboxylic acids is 1. The Bertz CT molecular complexity index is 427. The van der Waals surface area contributed by atoms with Crippen LogP contribution in [0.2, 0.25) is 0 Å². The summed E-state index contributed by atoms with van der Waals surface area (Å²) in [6.45, 7) is 10.4. The van der Waals surface area contributed by atoms with Gasteiger partial charge in [0.15, 0.2) is 0 Å². The van der Waals surface area contributed by atoms with Crippen molar-refractivity contribution in [2.75, 3.05) is 11.9 Å². The van der Waals surface area contributed by atoms with Crippen molar-refractivity contribution >= 4 is 11.7 Å². The van der Waals surface area contributed by atoms with Crippen LogP contribution in [0, 0.1) is 26.2 Å². The molecule has 0 aliphatic heterocycles. The van der Waals surface area contributed by atoms with Gasteiger partial charge in [-0.2, -0.15) is 0 Å². The van der Waals surface area contributed by atoms with Gasteiger partial charge in [-0.1, -0.05) is 17.7 Å². The first-order valence-corrected chi connectivity index (χ1v) is 6.29. The zero-order valence-corrected chi connectivity index (χ0v) is 11.9. The third-order valence-corrected chi connectivity index (χ3v) is 3.31. The van der Waals surface area contributed by atoms with E-state index >= 15 is 0 Å². The lowest BCUT2D eigenvalue weighted by Gasteiger charge is -2.20. The first-order chi connectivity index (χ1) is 8.24. The van der Waals surface area contributed by atoms with E-state index in [1.807, 2.05) is 0 Å². The Morgan fingerprint density at radius 3 is 2.17 bits per heavy atom. The SMILES string of the molecule is Cc1cc(C)c(NCCC(C)(C)C(=O)O)c(C)c1. The molecule has 0 aliphatic rings. The Labute approximate surface area is 109 Å². The molecule has 0 fully saturated rings. The normalized spacial score (nSPS) is 11.4. The van der Waals surface area contributed by atoms with Crippen LogP contribution in [0.5, 0.6) is 0 Å². The molecule has 0 amide bonds. The molecule has 100 valence electrons. The molecule has 0 atom stereocenters. The average molecular weight is 249 g/mol. The zero-order valence-electron chi connectivity index (χ0n) is 11.9. The second kappa shape index (κ2) is 5.42. The molecule has 0 spiro atoms. The molecular weight excluding hydrogens is 226 g/mol. The fourth-order valence-corrected chi connectivity index (χ4v) is 2.07. The summed E-state index contributed by atoms with van der Waals surface area (Å²) in [5, 5.41) is 12.4. The van der Waals surface area contributed by atoms with Crippen molar-refractivity contribution in [2.24, 2.45) is 5.41 Å². The van der Waals surface area contributed by atoms with Crippen LogP contribution in [0.4, 0.5) is 5.69 Å². The molecule has 1 rings (SSSR count). The molecular formula is C15H23NO2. The van der Waals surface area contributed by atoms with Crippen molar-refractivity contribution in [1.82, 2.24) is 0 Å². The molecule has 0 radical (unpaired) electrons. The predicted molar refractivity (Wildman–Crippen MR) is 75.2 cm³/mol. The molecule has 0 unspecified atom stereocenters. The van der Waals surface area contributed by atoms with E-state index in [-0.39, 0.29) is 0 Å². The Morgan fingerprint density at radius 2 is 1.72 bits per heavy atom. The maximum Gasteiger partial charge on any atom is 0.309 e. The number of carboxylic acids is 1. The number of anilines is 1. The van der Waals surface area contributed by atoms with E-state index in [4.69, 9.17) is 5.11 Å². The summed E-state index contributed by atoms with van der Waals surface area (Å²) in [5.41, 5.74) is 4.11. The van der Waals surface area contributed by atoms with Gasteiger partial charge >= 0.3 is 5.97 Å². The highest BCUT2D eigenvalue weighted by molar-refractivity contribution is 5.73. The summed E-state index contributed by atoms with van der Waals surface area (Å²) >= 11 is 0. The molecule has 0 bridgehead atoms. The van der Waals surface area contributed by atoms with Gasteiger partial charge in [0.1, 0.15) is 0 Å². The summed E-state index contributed by atoms with van der Waals surface area (Å²) in [5.74, 6) is -0.748. The van der Waals surface area contributed by atoms with Gasteiger partial charge in [0.2, 0.25) is 0 Å². The van der Waals surface area contributed by atoms with E-state index in [9.17, 15) is 4.79 Å². The number of nitrogens with one attached hydrogen (secondary N) is 1. The Kier molecular flexibility index (Phi) is 4.38. The van der Waals surface area contributed by atoms with Crippen LogP contribution in [0.25, 0.3) is 0 Å². The van der Waals surface area contributed by atoms with Crippen LogP contribution in [0.1, 0.15) is 37.0 Å². The van der Waals surface area contributed by atoms with Crippen molar-refractivity contribution in [2.45, 2.75) is 41.0 Å². The number of rotatable bonds is 5. The van der Waals surface area contributed by atoms with Crippen LogP contribution >= 0.6 is 0 Å². The minimum Gasteiger partial charge on any atom is -0.481 e. The van der Waals surface area contributed by atoms with E-state index < -0.39 is 11.4 Å². The van der Waals surface area contributed by atoms with Crippen LogP contribution in [0.15, 0.2) is 12.1 Å². The monoisotopic (exact) mass is 249 g/mol. The van der Waals surface area contributed by atoms with Gasteiger partial charge in [0.05, 0.1) is 5.41 Å². The topological polar surface area (TPSA) is 49.3 Å². The molecule has 0 saturated carbocycles. The van der Waals surface area contributed by atoms with Crippen LogP contribution in [-0.2, 0) is 4.79 Å². The van der Waals surface area contributed by atoms with Gasteiger partial charge in [-0.05, 0) is 52.2 Å². The average Bonchev–Trinajstić information content (AvgIpc) is 2.21. The molecule has 2 N–H and O–H groups in total. The number of hydrogen-bond acceptors (Lipinski definition) is 2. The summed E-state index contributed by atoms with van der Waals surface area (Å²) in [7, 11) is 0. The highest BCUT2D eigenvalue weighted by atomic mass is 16.4. The molecule has 18 heavy (non-hydrogen) atoms. The molecule has 1 aromatic carbocycles. The lowest BCUT2D eigenvalue weighted by molar-refractivity contribution is -0.147. The van der Waals surface area contributed by atoms with Crippen molar-refractivity contribution in [3.63, 3.8) is 0 Å². The maximum absolute atomic E-state index is 11.0. The van der Waals surface area contributed by atoms with Crippen molar-refractivity contribution in [3.8, 4) is 0 Å². The Balaban J connectivity index is 2.68. The molecule has 0 saturated heterocycles. The molecule has 0 heterocycles. The predicted octanol–water partition coefficient (Wildman–Crippen LogP) is 3.52. The Morgan fingerprint density at radius 1 is 1.22 bits per heavy atom. The van der Waals surface area contributed by atoms with Crippen LogP contribution in [0.3, 0.4) is 0 Å². The van der Waals surface area contributed by atoms with Crippen molar-refractivity contribution in [3.05, 3.63) is 28.8 Å². The van der Waals surface area contributed by atoms with E-state index in [1.54, 1.807) is 13.8 Å². The summed E-state index contributed by atoms with van der Waals surface area (Å²) in [4.78, 5) is 11.0. The Hall–Kier alpha value is -1.51. The molecule has 3 heteroatoms. The number of hydrogen-bond donors (Lipinski definition) is 2. The summed E-state index contributed by atoms with van der Waals surface area (Å²) in [6, 6.07) is 4.27. The zero-order chi connectivity index (χ0) is 13.9. The first-order valence-electron chi connectivity index (χ1n) is 6.29.